The van der Waals surface area contributed by atoms with Gasteiger partial charge in [0.25, 0.3) is 0 Å². The van der Waals surface area contributed by atoms with Gasteiger partial charge in [-0.2, -0.15) is 0 Å². The third kappa shape index (κ3) is 3.80. The van der Waals surface area contributed by atoms with Crippen molar-refractivity contribution in [2.24, 2.45) is 0 Å². The second-order valence-corrected chi connectivity index (χ2v) is 6.69. The first-order valence-electron chi connectivity index (χ1n) is 8.21. The number of halogens is 1. The van der Waals surface area contributed by atoms with E-state index in [0.29, 0.717) is 5.02 Å². The molecule has 2 aromatic rings. The molecule has 1 amide bonds. The zero-order valence-corrected chi connectivity index (χ0v) is 14.8. The summed E-state index contributed by atoms with van der Waals surface area (Å²) in [6, 6.07) is 9.24. The smallest absolute Gasteiger partial charge is 0.241 e. The molecule has 1 aromatic heterocycles. The van der Waals surface area contributed by atoms with Crippen molar-refractivity contribution in [2.75, 3.05) is 38.5 Å². The van der Waals surface area contributed by atoms with Gasteiger partial charge in [-0.15, -0.1) is 0 Å². The Morgan fingerprint density at radius 1 is 1.17 bits per heavy atom. The molecule has 0 saturated carbocycles. The van der Waals surface area contributed by atoms with Gasteiger partial charge >= 0.3 is 0 Å². The van der Waals surface area contributed by atoms with Crippen LogP contribution in [0.15, 0.2) is 42.7 Å². The summed E-state index contributed by atoms with van der Waals surface area (Å²) < 4.78 is 1.95. The van der Waals surface area contributed by atoms with E-state index in [9.17, 15) is 4.79 Å². The van der Waals surface area contributed by atoms with Crippen molar-refractivity contribution < 1.29 is 4.79 Å². The fraction of sp³-hybridized carbons (Fsp3) is 0.389. The number of amides is 1. The summed E-state index contributed by atoms with van der Waals surface area (Å²) >= 11 is 6.13. The minimum Gasteiger partial charge on any atom is -0.323 e. The molecule has 1 fully saturated rings. The predicted molar refractivity (Wildman–Crippen MR) is 97.9 cm³/mol. The standard InChI is InChI=1S/C18H23ClN4O/c1-14(22-11-9-21(2)10-12-22)18(24)20-16-6-5-15(19)13-17(16)23-7-3-4-8-23/h3-8,13-14H,9-12H2,1-2H3,(H,20,24). The SMILES string of the molecule is CC(C(=O)Nc1ccc(Cl)cc1-n1cccc1)N1CCN(C)CC1. The molecular weight excluding hydrogens is 324 g/mol. The highest BCUT2D eigenvalue weighted by atomic mass is 35.5. The molecule has 1 aliphatic rings. The van der Waals surface area contributed by atoms with Crippen LogP contribution < -0.4 is 5.32 Å². The van der Waals surface area contributed by atoms with Crippen LogP contribution >= 0.6 is 11.6 Å². The van der Waals surface area contributed by atoms with Crippen molar-refractivity contribution in [3.63, 3.8) is 0 Å². The Morgan fingerprint density at radius 3 is 2.50 bits per heavy atom. The molecule has 1 saturated heterocycles. The van der Waals surface area contributed by atoms with Gasteiger partial charge in [0.2, 0.25) is 5.91 Å². The normalized spacial score (nSPS) is 17.6. The Kier molecular flexibility index (Phi) is 5.23. The lowest BCUT2D eigenvalue weighted by Crippen LogP contribution is -2.51. The lowest BCUT2D eigenvalue weighted by atomic mass is 10.2. The predicted octanol–water partition coefficient (Wildman–Crippen LogP) is 2.71. The second kappa shape index (κ2) is 7.38. The Labute approximate surface area is 147 Å². The van der Waals surface area contributed by atoms with Crippen molar-refractivity contribution in [1.29, 1.82) is 0 Å². The van der Waals surface area contributed by atoms with E-state index < -0.39 is 0 Å². The first kappa shape index (κ1) is 17.0. The van der Waals surface area contributed by atoms with Crippen LogP contribution in [-0.4, -0.2) is 59.5 Å². The third-order valence-electron chi connectivity index (χ3n) is 4.57. The van der Waals surface area contributed by atoms with Gasteiger partial charge in [-0.3, -0.25) is 9.69 Å². The topological polar surface area (TPSA) is 40.5 Å². The maximum atomic E-state index is 12.7. The van der Waals surface area contributed by atoms with Crippen LogP contribution in [0.5, 0.6) is 0 Å². The Bertz CT molecular complexity index is 693. The van der Waals surface area contributed by atoms with Crippen molar-refractivity contribution in [3.8, 4) is 5.69 Å². The number of aromatic nitrogens is 1. The van der Waals surface area contributed by atoms with Crippen molar-refractivity contribution in [1.82, 2.24) is 14.4 Å². The molecule has 1 atom stereocenters. The number of nitrogens with one attached hydrogen (secondary N) is 1. The quantitative estimate of drug-likeness (QED) is 0.925. The number of benzene rings is 1. The van der Waals surface area contributed by atoms with Crippen LogP contribution in [-0.2, 0) is 4.79 Å². The average molecular weight is 347 g/mol. The van der Waals surface area contributed by atoms with Crippen LogP contribution in [0.2, 0.25) is 5.02 Å². The zero-order valence-electron chi connectivity index (χ0n) is 14.1. The fourth-order valence-corrected chi connectivity index (χ4v) is 3.10. The molecule has 2 heterocycles. The lowest BCUT2D eigenvalue weighted by molar-refractivity contribution is -0.121. The fourth-order valence-electron chi connectivity index (χ4n) is 2.93. The van der Waals surface area contributed by atoms with Gasteiger partial charge in [0.05, 0.1) is 17.4 Å². The summed E-state index contributed by atoms with van der Waals surface area (Å²) in [5.41, 5.74) is 1.63. The Hall–Kier alpha value is -1.82. The van der Waals surface area contributed by atoms with E-state index in [0.717, 1.165) is 37.6 Å². The van der Waals surface area contributed by atoms with Gasteiger partial charge in [0.15, 0.2) is 0 Å². The number of nitrogens with zero attached hydrogens (tertiary/aromatic N) is 3. The number of hydrogen-bond acceptors (Lipinski definition) is 3. The molecule has 1 aliphatic heterocycles. The first-order chi connectivity index (χ1) is 11.5. The van der Waals surface area contributed by atoms with E-state index in [1.165, 1.54) is 0 Å². The van der Waals surface area contributed by atoms with Gasteiger partial charge < -0.3 is 14.8 Å². The third-order valence-corrected chi connectivity index (χ3v) is 4.80. The highest BCUT2D eigenvalue weighted by molar-refractivity contribution is 6.31. The largest absolute Gasteiger partial charge is 0.323 e. The maximum Gasteiger partial charge on any atom is 0.241 e. The molecule has 1 N–H and O–H groups in total. The van der Waals surface area contributed by atoms with Gasteiger partial charge in [-0.25, -0.2) is 0 Å². The summed E-state index contributed by atoms with van der Waals surface area (Å²) in [7, 11) is 2.11. The zero-order chi connectivity index (χ0) is 17.1. The van der Waals surface area contributed by atoms with Gasteiger partial charge in [-0.1, -0.05) is 11.6 Å². The number of anilines is 1. The number of rotatable bonds is 4. The van der Waals surface area contributed by atoms with Gasteiger partial charge in [0, 0.05) is 43.6 Å². The molecule has 5 nitrogen and oxygen atoms in total. The molecule has 1 unspecified atom stereocenters. The van der Waals surface area contributed by atoms with Crippen LogP contribution in [0.25, 0.3) is 5.69 Å². The minimum absolute atomic E-state index is 0.00952. The van der Waals surface area contributed by atoms with Crippen molar-refractivity contribution in [2.45, 2.75) is 13.0 Å². The van der Waals surface area contributed by atoms with Crippen LogP contribution in [0.4, 0.5) is 5.69 Å². The molecule has 0 aliphatic carbocycles. The molecule has 0 radical (unpaired) electrons. The second-order valence-electron chi connectivity index (χ2n) is 6.26. The van der Waals surface area contributed by atoms with E-state index in [2.05, 4.69) is 22.2 Å². The summed E-state index contributed by atoms with van der Waals surface area (Å²) in [6.07, 6.45) is 3.87. The summed E-state index contributed by atoms with van der Waals surface area (Å²) in [4.78, 5) is 17.2. The maximum absolute atomic E-state index is 12.7. The number of hydrogen-bond donors (Lipinski definition) is 1. The molecular formula is C18H23ClN4O. The average Bonchev–Trinajstić information content (AvgIpc) is 3.11. The molecule has 128 valence electrons. The van der Waals surface area contributed by atoms with E-state index in [-0.39, 0.29) is 11.9 Å². The Morgan fingerprint density at radius 2 is 1.83 bits per heavy atom. The lowest BCUT2D eigenvalue weighted by Gasteiger charge is -2.35. The molecule has 3 rings (SSSR count). The Balaban J connectivity index is 1.75. The summed E-state index contributed by atoms with van der Waals surface area (Å²) in [6.45, 7) is 5.78. The van der Waals surface area contributed by atoms with Crippen LogP contribution in [0.3, 0.4) is 0 Å². The minimum atomic E-state index is -0.160. The van der Waals surface area contributed by atoms with E-state index in [1.54, 1.807) is 6.07 Å². The number of carbonyl (C=O) groups excluding carboxylic acids is 1. The highest BCUT2D eigenvalue weighted by Gasteiger charge is 2.25. The van der Waals surface area contributed by atoms with Crippen LogP contribution in [0.1, 0.15) is 6.92 Å². The number of likely N-dealkylation sites (N-methyl/N-ethyl adjacent to an activating group) is 1. The monoisotopic (exact) mass is 346 g/mol. The molecule has 0 spiro atoms. The van der Waals surface area contributed by atoms with Crippen molar-refractivity contribution >= 4 is 23.2 Å². The van der Waals surface area contributed by atoms with Gasteiger partial charge in [0.1, 0.15) is 0 Å². The van der Waals surface area contributed by atoms with E-state index in [4.69, 9.17) is 11.6 Å². The first-order valence-corrected chi connectivity index (χ1v) is 8.59. The number of piperazine rings is 1. The van der Waals surface area contributed by atoms with Crippen molar-refractivity contribution in [3.05, 3.63) is 47.7 Å². The molecule has 1 aromatic carbocycles. The summed E-state index contributed by atoms with van der Waals surface area (Å²) in [5.74, 6) is 0.00952. The highest BCUT2D eigenvalue weighted by Crippen LogP contribution is 2.25. The molecule has 0 bridgehead atoms. The van der Waals surface area contributed by atoms with E-state index in [1.807, 2.05) is 48.1 Å². The summed E-state index contributed by atoms with van der Waals surface area (Å²) in [5, 5.41) is 3.70. The molecule has 24 heavy (non-hydrogen) atoms. The molecule has 6 heteroatoms. The number of carbonyl (C=O) groups is 1. The van der Waals surface area contributed by atoms with Crippen LogP contribution in [0, 0.1) is 0 Å². The van der Waals surface area contributed by atoms with Gasteiger partial charge in [-0.05, 0) is 44.3 Å². The van der Waals surface area contributed by atoms with E-state index >= 15 is 0 Å².